The number of likely N-dealkylation sites (tertiary alicyclic amines) is 2. The summed E-state index contributed by atoms with van der Waals surface area (Å²) in [5, 5.41) is 0. The Kier molecular flexibility index (Phi) is 3.95. The van der Waals surface area contributed by atoms with E-state index in [9.17, 15) is 4.79 Å². The Morgan fingerprint density at radius 1 is 1.00 bits per heavy atom. The molecule has 1 spiro atoms. The molecule has 6 rings (SSSR count). The smallest absolute Gasteiger partial charge is 0.223 e. The first-order chi connectivity index (χ1) is 13.6. The average Bonchev–Trinajstić information content (AvgIpc) is 3.20. The Bertz CT molecular complexity index is 769. The summed E-state index contributed by atoms with van der Waals surface area (Å²) in [6, 6.07) is 10.3. The molecule has 0 radical (unpaired) electrons. The quantitative estimate of drug-likeness (QED) is 0.717. The molecule has 0 aromatic heterocycles. The zero-order valence-electron chi connectivity index (χ0n) is 17.3. The van der Waals surface area contributed by atoms with E-state index in [1.54, 1.807) is 5.56 Å². The van der Waals surface area contributed by atoms with Crippen LogP contribution in [0.4, 0.5) is 0 Å². The maximum atomic E-state index is 12.5. The van der Waals surface area contributed by atoms with E-state index in [2.05, 4.69) is 29.2 Å². The second kappa shape index (κ2) is 6.32. The largest absolute Gasteiger partial charge is 0.338 e. The lowest BCUT2D eigenvalue weighted by Gasteiger charge is -2.51. The van der Waals surface area contributed by atoms with Crippen molar-refractivity contribution in [1.29, 1.82) is 0 Å². The summed E-state index contributed by atoms with van der Waals surface area (Å²) >= 11 is 0. The fourth-order valence-corrected chi connectivity index (χ4v) is 8.01. The van der Waals surface area contributed by atoms with Gasteiger partial charge in [-0.3, -0.25) is 4.79 Å². The summed E-state index contributed by atoms with van der Waals surface area (Å²) in [5.41, 5.74) is 3.34. The molecule has 1 amide bonds. The molecule has 4 unspecified atom stereocenters. The van der Waals surface area contributed by atoms with E-state index in [1.807, 2.05) is 11.9 Å². The second-order valence-electron chi connectivity index (χ2n) is 10.7. The summed E-state index contributed by atoms with van der Waals surface area (Å²) < 4.78 is 0. The highest BCUT2D eigenvalue weighted by Gasteiger charge is 2.51. The maximum absolute atomic E-state index is 12.5. The fourth-order valence-electron chi connectivity index (χ4n) is 8.01. The van der Waals surface area contributed by atoms with Crippen LogP contribution < -0.4 is 0 Å². The average molecular weight is 379 g/mol. The van der Waals surface area contributed by atoms with Crippen LogP contribution in [0.5, 0.6) is 0 Å². The minimum absolute atomic E-state index is 0.313. The van der Waals surface area contributed by atoms with Crippen LogP contribution in [0.25, 0.3) is 0 Å². The minimum atomic E-state index is 0.313. The molecule has 2 bridgehead atoms. The number of nitrogens with zero attached hydrogens (tertiary/aromatic N) is 2. The number of amides is 1. The molecule has 0 N–H and O–H groups in total. The third-order valence-corrected chi connectivity index (χ3v) is 9.33. The van der Waals surface area contributed by atoms with Gasteiger partial charge < -0.3 is 9.80 Å². The molecule has 3 aliphatic carbocycles. The van der Waals surface area contributed by atoms with Gasteiger partial charge in [0.2, 0.25) is 5.91 Å². The lowest BCUT2D eigenvalue weighted by atomic mass is 9.60. The van der Waals surface area contributed by atoms with Crippen LogP contribution in [0, 0.1) is 17.8 Å². The monoisotopic (exact) mass is 378 g/mol. The minimum Gasteiger partial charge on any atom is -0.338 e. The van der Waals surface area contributed by atoms with E-state index in [0.717, 1.165) is 24.3 Å². The number of carbonyl (C=O) groups excluding carboxylic acids is 1. The summed E-state index contributed by atoms with van der Waals surface area (Å²) in [7, 11) is 2.02. The Balaban J connectivity index is 1.26. The van der Waals surface area contributed by atoms with Gasteiger partial charge in [-0.15, -0.1) is 0 Å². The van der Waals surface area contributed by atoms with Gasteiger partial charge in [0.25, 0.3) is 0 Å². The van der Waals surface area contributed by atoms with Gasteiger partial charge in [-0.2, -0.15) is 0 Å². The molecule has 4 fully saturated rings. The molecular weight excluding hydrogens is 344 g/mol. The first-order valence-corrected chi connectivity index (χ1v) is 11.7. The van der Waals surface area contributed by atoms with E-state index >= 15 is 0 Å². The topological polar surface area (TPSA) is 23.6 Å². The lowest BCUT2D eigenvalue weighted by molar-refractivity contribution is -0.127. The zero-order chi connectivity index (χ0) is 18.9. The summed E-state index contributed by atoms with van der Waals surface area (Å²) in [6.07, 6.45) is 12.0. The van der Waals surface area contributed by atoms with Crippen molar-refractivity contribution in [3.05, 3.63) is 35.4 Å². The molecule has 2 heterocycles. The summed E-state index contributed by atoms with van der Waals surface area (Å²) in [6.45, 7) is 2.53. The van der Waals surface area contributed by atoms with Gasteiger partial charge >= 0.3 is 0 Å². The van der Waals surface area contributed by atoms with Crippen LogP contribution in [0.2, 0.25) is 0 Å². The summed E-state index contributed by atoms with van der Waals surface area (Å²) in [4.78, 5) is 17.4. The number of rotatable bonds is 1. The standard InChI is InChI=1S/C25H34N2O/c1-26-23(28)15-19-16-25(22-5-3-2-4-21(22)24(19)26)8-10-27(11-9-25)20-13-17-6-7-18(12-17)14-20/h2-5,17-20,24H,6-16H2,1H3. The van der Waals surface area contributed by atoms with Crippen LogP contribution in [-0.2, 0) is 10.2 Å². The molecule has 4 atom stereocenters. The van der Waals surface area contributed by atoms with Crippen molar-refractivity contribution >= 4 is 5.91 Å². The molecule has 1 aromatic carbocycles. The van der Waals surface area contributed by atoms with Crippen molar-refractivity contribution in [2.45, 2.75) is 75.3 Å². The summed E-state index contributed by atoms with van der Waals surface area (Å²) in [5.74, 6) is 2.91. The van der Waals surface area contributed by atoms with E-state index in [4.69, 9.17) is 0 Å². The zero-order valence-corrected chi connectivity index (χ0v) is 17.3. The molecule has 2 saturated heterocycles. The third-order valence-electron chi connectivity index (χ3n) is 9.33. The third kappa shape index (κ3) is 2.54. The predicted molar refractivity (Wildman–Crippen MR) is 111 cm³/mol. The van der Waals surface area contributed by atoms with Crippen LogP contribution in [0.15, 0.2) is 24.3 Å². The molecule has 5 aliphatic rings. The van der Waals surface area contributed by atoms with Gasteiger partial charge in [-0.25, -0.2) is 0 Å². The number of benzene rings is 1. The Morgan fingerprint density at radius 3 is 2.46 bits per heavy atom. The SMILES string of the molecule is CN1C(=O)CC2CC3(CCN(C4CC5CCC(C5)C4)CC3)c3ccccc3C21. The maximum Gasteiger partial charge on any atom is 0.223 e. The number of fused-ring (bicyclic) bond motifs is 6. The highest BCUT2D eigenvalue weighted by molar-refractivity contribution is 5.80. The van der Waals surface area contributed by atoms with Crippen LogP contribution in [-0.4, -0.2) is 41.9 Å². The van der Waals surface area contributed by atoms with Crippen LogP contribution in [0.3, 0.4) is 0 Å². The molecule has 2 aliphatic heterocycles. The predicted octanol–water partition coefficient (Wildman–Crippen LogP) is 4.52. The van der Waals surface area contributed by atoms with Crippen molar-refractivity contribution in [3.8, 4) is 0 Å². The van der Waals surface area contributed by atoms with Crippen molar-refractivity contribution in [3.63, 3.8) is 0 Å². The van der Waals surface area contributed by atoms with E-state index < -0.39 is 0 Å². The van der Waals surface area contributed by atoms with Crippen molar-refractivity contribution in [1.82, 2.24) is 9.80 Å². The fraction of sp³-hybridized carbons (Fsp3) is 0.720. The molecule has 2 saturated carbocycles. The van der Waals surface area contributed by atoms with Gasteiger partial charge in [0.05, 0.1) is 6.04 Å². The highest BCUT2D eigenvalue weighted by atomic mass is 16.2. The van der Waals surface area contributed by atoms with Crippen LogP contribution >= 0.6 is 0 Å². The first kappa shape index (κ1) is 17.5. The molecule has 1 aromatic rings. The Labute approximate surface area is 169 Å². The van der Waals surface area contributed by atoms with E-state index in [-0.39, 0.29) is 0 Å². The van der Waals surface area contributed by atoms with Crippen molar-refractivity contribution in [2.24, 2.45) is 17.8 Å². The first-order valence-electron chi connectivity index (χ1n) is 11.7. The van der Waals surface area contributed by atoms with Gasteiger partial charge in [0.1, 0.15) is 0 Å². The molecular formula is C25H34N2O. The Hall–Kier alpha value is -1.35. The molecule has 150 valence electrons. The van der Waals surface area contributed by atoms with Gasteiger partial charge in [-0.1, -0.05) is 37.1 Å². The molecule has 3 heteroatoms. The number of carbonyl (C=O) groups is 1. The number of hydrogen-bond acceptors (Lipinski definition) is 2. The Morgan fingerprint density at radius 2 is 1.71 bits per heavy atom. The highest BCUT2D eigenvalue weighted by Crippen LogP contribution is 2.55. The van der Waals surface area contributed by atoms with E-state index in [1.165, 1.54) is 70.0 Å². The van der Waals surface area contributed by atoms with E-state index in [0.29, 0.717) is 23.3 Å². The van der Waals surface area contributed by atoms with Gasteiger partial charge in [0.15, 0.2) is 0 Å². The van der Waals surface area contributed by atoms with Crippen molar-refractivity contribution in [2.75, 3.05) is 20.1 Å². The number of hydrogen-bond donors (Lipinski definition) is 0. The molecule has 3 nitrogen and oxygen atoms in total. The van der Waals surface area contributed by atoms with Crippen LogP contribution in [0.1, 0.15) is 75.0 Å². The lowest BCUT2D eigenvalue weighted by Crippen LogP contribution is -2.50. The molecule has 28 heavy (non-hydrogen) atoms. The van der Waals surface area contributed by atoms with Crippen molar-refractivity contribution < 1.29 is 4.79 Å². The van der Waals surface area contributed by atoms with Gasteiger partial charge in [0, 0.05) is 19.5 Å². The number of piperidine rings is 1. The normalized spacial score (nSPS) is 39.2. The second-order valence-corrected chi connectivity index (χ2v) is 10.7. The van der Waals surface area contributed by atoms with Gasteiger partial charge in [-0.05, 0) is 85.9 Å².